The average molecular weight is 317 g/mol. The van der Waals surface area contributed by atoms with E-state index < -0.39 is 0 Å². The number of nitrogens with zero attached hydrogens (tertiary/aromatic N) is 2. The first-order valence-electron chi connectivity index (χ1n) is 7.79. The molecule has 2 aromatic rings. The van der Waals surface area contributed by atoms with Crippen LogP contribution in [0, 0.1) is 18.3 Å². The summed E-state index contributed by atoms with van der Waals surface area (Å²) in [5, 5.41) is 9.80. The van der Waals surface area contributed by atoms with Crippen molar-refractivity contribution in [2.24, 2.45) is 0 Å². The zero-order valence-corrected chi connectivity index (χ0v) is 14.9. The molecule has 118 valence electrons. The number of hydrogen-bond donors (Lipinski definition) is 0. The standard InChI is InChI=1S/C15H13ClN2.2C2H6/c1-11-8-13(15(9-17)18-10-11)7-6-12-4-2-3-5-14(12)16;2*1-2/h2-5,8,10H,6-7H2,1H3;2*1-2H3. The van der Waals surface area contributed by atoms with Crippen LogP contribution in [-0.4, -0.2) is 4.98 Å². The SMILES string of the molecule is CC.CC.Cc1cnc(C#N)c(CCc2ccccc2Cl)c1. The van der Waals surface area contributed by atoms with Gasteiger partial charge in [0, 0.05) is 11.2 Å². The minimum Gasteiger partial charge on any atom is -0.245 e. The third-order valence-corrected chi connectivity index (χ3v) is 3.20. The molecule has 0 aliphatic rings. The van der Waals surface area contributed by atoms with Gasteiger partial charge in [0.15, 0.2) is 0 Å². The van der Waals surface area contributed by atoms with E-state index in [2.05, 4.69) is 11.1 Å². The highest BCUT2D eigenvalue weighted by atomic mass is 35.5. The highest BCUT2D eigenvalue weighted by Gasteiger charge is 2.06. The second kappa shape index (κ2) is 11.8. The molecule has 2 nitrogen and oxygen atoms in total. The monoisotopic (exact) mass is 316 g/mol. The number of benzene rings is 1. The van der Waals surface area contributed by atoms with Crippen molar-refractivity contribution in [2.45, 2.75) is 47.5 Å². The van der Waals surface area contributed by atoms with Crippen molar-refractivity contribution in [3.05, 3.63) is 63.9 Å². The molecule has 3 heteroatoms. The molecule has 0 saturated heterocycles. The largest absolute Gasteiger partial charge is 0.245 e. The van der Waals surface area contributed by atoms with Gasteiger partial charge in [0.25, 0.3) is 0 Å². The Kier molecular flexibility index (Phi) is 10.8. The summed E-state index contributed by atoms with van der Waals surface area (Å²) >= 11 is 6.11. The van der Waals surface area contributed by atoms with E-state index in [-0.39, 0.29) is 0 Å². The van der Waals surface area contributed by atoms with Crippen LogP contribution in [0.15, 0.2) is 36.5 Å². The Bertz CT molecular complexity index is 601. The topological polar surface area (TPSA) is 36.7 Å². The van der Waals surface area contributed by atoms with Gasteiger partial charge in [0.2, 0.25) is 0 Å². The third-order valence-electron chi connectivity index (χ3n) is 2.83. The van der Waals surface area contributed by atoms with Gasteiger partial charge in [-0.15, -0.1) is 0 Å². The van der Waals surface area contributed by atoms with Gasteiger partial charge >= 0.3 is 0 Å². The Balaban J connectivity index is 0.00000102. The molecule has 1 aromatic heterocycles. The fraction of sp³-hybridized carbons (Fsp3) is 0.368. The van der Waals surface area contributed by atoms with Crippen LogP contribution in [0.2, 0.25) is 5.02 Å². The summed E-state index contributed by atoms with van der Waals surface area (Å²) in [4.78, 5) is 4.14. The van der Waals surface area contributed by atoms with Crippen molar-refractivity contribution in [1.29, 1.82) is 5.26 Å². The second-order valence-electron chi connectivity index (χ2n) is 4.22. The summed E-state index contributed by atoms with van der Waals surface area (Å²) < 4.78 is 0. The summed E-state index contributed by atoms with van der Waals surface area (Å²) in [5.74, 6) is 0. The van der Waals surface area contributed by atoms with Crippen LogP contribution in [0.5, 0.6) is 0 Å². The van der Waals surface area contributed by atoms with Crippen molar-refractivity contribution in [3.8, 4) is 6.07 Å². The number of nitriles is 1. The molecule has 0 spiro atoms. The summed E-state index contributed by atoms with van der Waals surface area (Å²) in [6.45, 7) is 9.98. The molecule has 0 amide bonds. The smallest absolute Gasteiger partial charge is 0.143 e. The summed E-state index contributed by atoms with van der Waals surface area (Å²) in [6.07, 6.45) is 3.32. The molecular weight excluding hydrogens is 292 g/mol. The van der Waals surface area contributed by atoms with E-state index in [0.29, 0.717) is 5.69 Å². The molecule has 0 saturated carbocycles. The number of pyridine rings is 1. The Morgan fingerprint density at radius 1 is 1.05 bits per heavy atom. The van der Waals surface area contributed by atoms with Gasteiger partial charge in [-0.05, 0) is 42.5 Å². The lowest BCUT2D eigenvalue weighted by atomic mass is 10.0. The van der Waals surface area contributed by atoms with Crippen LogP contribution in [0.3, 0.4) is 0 Å². The van der Waals surface area contributed by atoms with Gasteiger partial charge in [0.1, 0.15) is 11.8 Å². The van der Waals surface area contributed by atoms with Gasteiger partial charge in [-0.2, -0.15) is 5.26 Å². The van der Waals surface area contributed by atoms with Crippen LogP contribution in [0.25, 0.3) is 0 Å². The van der Waals surface area contributed by atoms with Crippen LogP contribution < -0.4 is 0 Å². The first kappa shape index (κ1) is 20.2. The van der Waals surface area contributed by atoms with Gasteiger partial charge < -0.3 is 0 Å². The first-order valence-corrected chi connectivity index (χ1v) is 8.17. The van der Waals surface area contributed by atoms with E-state index in [4.69, 9.17) is 16.9 Å². The third kappa shape index (κ3) is 6.28. The predicted molar refractivity (Wildman–Crippen MR) is 95.2 cm³/mol. The zero-order chi connectivity index (χ0) is 17.0. The second-order valence-corrected chi connectivity index (χ2v) is 4.63. The van der Waals surface area contributed by atoms with E-state index in [0.717, 1.165) is 34.6 Å². The summed E-state index contributed by atoms with van der Waals surface area (Å²) in [6, 6.07) is 11.9. The predicted octanol–water partition coefficient (Wildman–Crippen LogP) is 5.75. The molecule has 0 fully saturated rings. The lowest BCUT2D eigenvalue weighted by molar-refractivity contribution is 0.938. The number of halogens is 1. The molecule has 1 aromatic carbocycles. The van der Waals surface area contributed by atoms with Crippen molar-refractivity contribution in [3.63, 3.8) is 0 Å². The maximum absolute atomic E-state index is 9.02. The maximum atomic E-state index is 9.02. The van der Waals surface area contributed by atoms with E-state index in [1.807, 2.05) is 65.0 Å². The Hall–Kier alpha value is -1.85. The number of hydrogen-bond acceptors (Lipinski definition) is 2. The molecular formula is C19H25ClN2. The quantitative estimate of drug-likeness (QED) is 0.722. The van der Waals surface area contributed by atoms with Gasteiger partial charge in [-0.25, -0.2) is 4.98 Å². The van der Waals surface area contributed by atoms with Crippen LogP contribution in [0.1, 0.15) is 50.1 Å². The van der Waals surface area contributed by atoms with Gasteiger partial charge in [-0.1, -0.05) is 63.6 Å². The molecule has 0 aliphatic heterocycles. The zero-order valence-electron chi connectivity index (χ0n) is 14.2. The van der Waals surface area contributed by atoms with Crippen molar-refractivity contribution in [2.75, 3.05) is 0 Å². The molecule has 0 aliphatic carbocycles. The molecule has 0 radical (unpaired) electrons. The molecule has 0 atom stereocenters. The lowest BCUT2D eigenvalue weighted by Gasteiger charge is -2.06. The summed E-state index contributed by atoms with van der Waals surface area (Å²) in [5.41, 5.74) is 3.66. The minimum absolute atomic E-state index is 0.507. The van der Waals surface area contributed by atoms with E-state index in [1.165, 1.54) is 0 Å². The van der Waals surface area contributed by atoms with Crippen molar-refractivity contribution < 1.29 is 0 Å². The molecule has 2 rings (SSSR count). The Labute approximate surface area is 139 Å². The normalized spacial score (nSPS) is 8.77. The van der Waals surface area contributed by atoms with Crippen molar-refractivity contribution >= 4 is 11.6 Å². The Morgan fingerprint density at radius 2 is 1.64 bits per heavy atom. The van der Waals surface area contributed by atoms with E-state index in [9.17, 15) is 0 Å². The summed E-state index contributed by atoms with van der Waals surface area (Å²) in [7, 11) is 0. The van der Waals surface area contributed by atoms with E-state index >= 15 is 0 Å². The van der Waals surface area contributed by atoms with Crippen LogP contribution in [0.4, 0.5) is 0 Å². The fourth-order valence-corrected chi connectivity index (χ4v) is 2.12. The Morgan fingerprint density at radius 3 is 2.23 bits per heavy atom. The van der Waals surface area contributed by atoms with Gasteiger partial charge in [0.05, 0.1) is 0 Å². The molecule has 22 heavy (non-hydrogen) atoms. The minimum atomic E-state index is 0.507. The highest BCUT2D eigenvalue weighted by Crippen LogP contribution is 2.18. The first-order chi connectivity index (χ1) is 10.7. The molecule has 0 bridgehead atoms. The molecule has 0 N–H and O–H groups in total. The van der Waals surface area contributed by atoms with E-state index in [1.54, 1.807) is 6.20 Å². The highest BCUT2D eigenvalue weighted by molar-refractivity contribution is 6.31. The number of aromatic nitrogens is 1. The number of aryl methyl sites for hydroxylation is 3. The number of rotatable bonds is 3. The van der Waals surface area contributed by atoms with Crippen molar-refractivity contribution in [1.82, 2.24) is 4.98 Å². The fourth-order valence-electron chi connectivity index (χ4n) is 1.89. The molecule has 0 unspecified atom stereocenters. The van der Waals surface area contributed by atoms with Crippen LogP contribution >= 0.6 is 11.6 Å². The lowest BCUT2D eigenvalue weighted by Crippen LogP contribution is -1.98. The molecule has 1 heterocycles. The van der Waals surface area contributed by atoms with Crippen LogP contribution in [-0.2, 0) is 12.8 Å². The maximum Gasteiger partial charge on any atom is 0.143 e. The van der Waals surface area contributed by atoms with Gasteiger partial charge in [-0.3, -0.25) is 0 Å². The average Bonchev–Trinajstić information content (AvgIpc) is 2.58.